The van der Waals surface area contributed by atoms with Crippen LogP contribution in [0.1, 0.15) is 147 Å². The van der Waals surface area contributed by atoms with Gasteiger partial charge in [0.2, 0.25) is 0 Å². The first kappa shape index (κ1) is 93.7. The molecule has 1 aliphatic heterocycles. The van der Waals surface area contributed by atoms with Crippen molar-refractivity contribution in [2.24, 2.45) is 29.1 Å². The maximum Gasteiger partial charge on any atom is 0.189 e. The average molecular weight is 1720 g/mol. The molecule has 22 heteroatoms. The third-order valence-corrected chi connectivity index (χ3v) is 23.2. The standard InChI is InChI=1S/C24H25NO3.C24H24NO3.C18H19NO3.C17H17NO3.C12H14O3.C7H9N.2ClH/c2*1-27-22-14-19-13-20(24(26)21(19)15-23(22)28-2)12-17-8-10-25(11-9-17)16-18-6-4-3-5-7-18;1-18(10-12-4-6-19-7-5-12)11-13-8-15(21-2)16(22-3)9-14(13)17(18)20;1-20-15-9-12-8-13(7-11-3-5-18-6-4-11)17(19)14(12)10-16(15)21-2;1-7-4-8-5-10(14-2)11(15-3)6-9(8)12(7)13;1-2-7-3-5-8-6-4-7;;/h3-6,12,14-17H,8-11,13H2,1-2H3;3-11,14-15,20H,12-13,16H2,1-2H3;4-9H,10-11H2,1-3H3;3-6,9-10,13H,7-8H2,1-2H3;5-7H,4H2,1-3H3;3-6H,2H2,1H3;2*1H/q;+1;;;;;;/p-1/b20-12+,25-16?;;;;;;;. The van der Waals surface area contributed by atoms with Crippen LogP contribution in [-0.2, 0) is 64.3 Å². The number of pyridine rings is 4. The topological polar surface area (TPSA) is 223 Å². The highest BCUT2D eigenvalue weighted by Gasteiger charge is 2.43. The van der Waals surface area contributed by atoms with Crippen molar-refractivity contribution >= 4 is 47.5 Å². The number of nitrogens with zero attached hydrogens (tertiary/aromatic N) is 5. The van der Waals surface area contributed by atoms with Gasteiger partial charge in [0.1, 0.15) is 13.1 Å². The number of aryl methyl sites for hydroxylation is 1. The van der Waals surface area contributed by atoms with Crippen LogP contribution in [0, 0.1) is 35.2 Å². The molecular formula is C102H109Cl2N5O15. The smallest absolute Gasteiger partial charge is 0.189 e. The van der Waals surface area contributed by atoms with Gasteiger partial charge in [0.25, 0.3) is 0 Å². The predicted octanol–water partition coefficient (Wildman–Crippen LogP) is 14.3. The van der Waals surface area contributed by atoms with Crippen molar-refractivity contribution in [3.63, 3.8) is 0 Å². The van der Waals surface area contributed by atoms with Crippen LogP contribution in [0.3, 0.4) is 0 Å². The zero-order valence-electron chi connectivity index (χ0n) is 72.7. The number of hydrogen-bond acceptors (Lipinski definition) is 18. The molecule has 0 saturated carbocycles. The van der Waals surface area contributed by atoms with Gasteiger partial charge in [0.15, 0.2) is 105 Å². The molecule has 7 aromatic carbocycles. The number of piperidine rings is 1. The zero-order valence-corrected chi connectivity index (χ0v) is 74.3. The molecule has 0 radical (unpaired) electrons. The lowest BCUT2D eigenvalue weighted by atomic mass is 9.80. The molecule has 20 nitrogen and oxygen atoms in total. The Morgan fingerprint density at radius 1 is 0.444 bits per heavy atom. The van der Waals surface area contributed by atoms with E-state index in [9.17, 15) is 24.0 Å². The molecule has 5 aliphatic carbocycles. The van der Waals surface area contributed by atoms with E-state index < -0.39 is 5.41 Å². The second-order valence-electron chi connectivity index (χ2n) is 31.3. The minimum Gasteiger partial charge on any atom is -1.00 e. The van der Waals surface area contributed by atoms with Crippen molar-refractivity contribution in [2.75, 3.05) is 84.2 Å². The summed E-state index contributed by atoms with van der Waals surface area (Å²) in [4.78, 5) is 74.9. The number of halogens is 2. The summed E-state index contributed by atoms with van der Waals surface area (Å²) in [7, 11) is 16.0. The Kier molecular flexibility index (Phi) is 33.7. The third kappa shape index (κ3) is 22.8. The molecule has 4 unspecified atom stereocenters. The van der Waals surface area contributed by atoms with Crippen LogP contribution in [0.4, 0.5) is 0 Å². The Morgan fingerprint density at radius 3 is 1.30 bits per heavy atom. The Hall–Kier alpha value is -12.5. The monoisotopic (exact) mass is 1710 g/mol. The minimum absolute atomic E-state index is 0. The quantitative estimate of drug-likeness (QED) is 0.0370. The number of methoxy groups -OCH3 is 10. The molecular weight excluding hydrogens is 1610 g/mol. The average Bonchev–Trinajstić information content (AvgIpc) is 1.60. The van der Waals surface area contributed by atoms with Gasteiger partial charge in [0, 0.05) is 131 Å². The number of carbonyl (C=O) groups is 5. The van der Waals surface area contributed by atoms with E-state index in [1.807, 2.05) is 129 Å². The summed E-state index contributed by atoms with van der Waals surface area (Å²) in [5.41, 5.74) is 16.6. The van der Waals surface area contributed by atoms with Crippen LogP contribution < -0.4 is 64.3 Å². The fraction of sp³-hybridized carbons (Fsp3) is 0.314. The second kappa shape index (κ2) is 44.5. The van der Waals surface area contributed by atoms with Gasteiger partial charge >= 0.3 is 0 Å². The van der Waals surface area contributed by atoms with Crippen molar-refractivity contribution in [2.45, 2.75) is 97.9 Å². The summed E-state index contributed by atoms with van der Waals surface area (Å²) in [5, 5.41) is 0. The van der Waals surface area contributed by atoms with Crippen molar-refractivity contribution < 1.29 is 92.9 Å². The molecule has 0 bridgehead atoms. The highest BCUT2D eigenvalue weighted by Crippen LogP contribution is 2.46. The molecule has 0 spiro atoms. The van der Waals surface area contributed by atoms with E-state index in [1.54, 1.807) is 114 Å². The number of ketones is 5. The van der Waals surface area contributed by atoms with Gasteiger partial charge in [-0.05, 0) is 204 Å². The molecule has 0 N–H and O–H groups in total. The molecule has 1 fully saturated rings. The molecule has 17 rings (SSSR count). The van der Waals surface area contributed by atoms with Crippen molar-refractivity contribution in [3.8, 4) is 57.5 Å². The first-order valence-electron chi connectivity index (χ1n) is 41.2. The molecule has 4 aromatic heterocycles. The first-order chi connectivity index (χ1) is 59.2. The van der Waals surface area contributed by atoms with Crippen molar-refractivity contribution in [1.29, 1.82) is 0 Å². The van der Waals surface area contributed by atoms with Crippen LogP contribution in [0.15, 0.2) is 225 Å². The Bertz CT molecular complexity index is 5560. The zero-order chi connectivity index (χ0) is 86.4. The van der Waals surface area contributed by atoms with Crippen LogP contribution in [0.5, 0.6) is 57.5 Å². The lowest BCUT2D eigenvalue weighted by Crippen LogP contribution is -3.00. The number of Topliss-reactive ketones (excluding diaryl/α,β-unsaturated/α-hetero) is 5. The van der Waals surface area contributed by atoms with E-state index >= 15 is 0 Å². The van der Waals surface area contributed by atoms with Crippen LogP contribution in [0.2, 0.25) is 0 Å². The van der Waals surface area contributed by atoms with Gasteiger partial charge in [-0.2, -0.15) is 0 Å². The molecule has 6 aliphatic rings. The van der Waals surface area contributed by atoms with Gasteiger partial charge < -0.3 is 59.8 Å². The second-order valence-corrected chi connectivity index (χ2v) is 31.3. The summed E-state index contributed by atoms with van der Waals surface area (Å²) in [6, 6.07) is 56.4. The van der Waals surface area contributed by atoms with Gasteiger partial charge in [-0.3, -0.25) is 43.5 Å². The van der Waals surface area contributed by atoms with Crippen LogP contribution in [-0.4, -0.2) is 139 Å². The third-order valence-electron chi connectivity index (χ3n) is 23.2. The minimum atomic E-state index is -0.430. The van der Waals surface area contributed by atoms with Crippen LogP contribution >= 0.6 is 12.4 Å². The molecule has 0 amide bonds. The number of ether oxygens (including phenoxy) is 10. The fourth-order valence-corrected chi connectivity index (χ4v) is 16.6. The molecule has 11 aromatic rings. The molecule has 1 saturated heterocycles. The van der Waals surface area contributed by atoms with E-state index in [0.717, 1.165) is 149 Å². The predicted molar refractivity (Wildman–Crippen MR) is 476 cm³/mol. The van der Waals surface area contributed by atoms with E-state index in [4.69, 9.17) is 47.4 Å². The Balaban J connectivity index is 0.000000160. The number of carbonyl (C=O) groups excluding carboxylic acids is 5. The Morgan fingerprint density at radius 2 is 0.847 bits per heavy atom. The number of allylic oxidation sites excluding steroid dienone is 2. The number of aromatic nitrogens is 4. The maximum absolute atomic E-state index is 12.9. The Labute approximate surface area is 739 Å². The van der Waals surface area contributed by atoms with Crippen molar-refractivity contribution in [3.05, 3.63) is 320 Å². The molecule has 646 valence electrons. The summed E-state index contributed by atoms with van der Waals surface area (Å²) < 4.78 is 57.5. The van der Waals surface area contributed by atoms with E-state index in [0.29, 0.717) is 82.7 Å². The van der Waals surface area contributed by atoms with E-state index in [2.05, 4.69) is 104 Å². The van der Waals surface area contributed by atoms with Crippen LogP contribution in [0.25, 0.3) is 0 Å². The fourth-order valence-electron chi connectivity index (χ4n) is 16.6. The number of fused-ring (bicyclic) bond motifs is 5. The summed E-state index contributed by atoms with van der Waals surface area (Å²) >= 11 is 0. The van der Waals surface area contributed by atoms with Gasteiger partial charge in [-0.15, -0.1) is 42.7 Å². The lowest BCUT2D eigenvalue weighted by molar-refractivity contribution is -0.688. The molecule has 5 heterocycles. The highest BCUT2D eigenvalue weighted by molar-refractivity contribution is 6.13. The highest BCUT2D eigenvalue weighted by atomic mass is 35.5. The summed E-state index contributed by atoms with van der Waals surface area (Å²) in [5.74, 6) is 7.79. The molecule has 124 heavy (non-hydrogen) atoms. The first-order valence-corrected chi connectivity index (χ1v) is 41.2. The number of hydrogen-bond donors (Lipinski definition) is 0. The van der Waals surface area contributed by atoms with Gasteiger partial charge in [-0.25, -0.2) is 4.57 Å². The number of rotatable bonds is 21. The summed E-state index contributed by atoms with van der Waals surface area (Å²) in [6.07, 6.45) is 28.3. The maximum atomic E-state index is 12.9. The van der Waals surface area contributed by atoms with Gasteiger partial charge in [0.05, 0.1) is 77.3 Å². The lowest BCUT2D eigenvalue weighted by Gasteiger charge is -2.21. The van der Waals surface area contributed by atoms with E-state index in [-0.39, 0.29) is 71.5 Å². The largest absolute Gasteiger partial charge is 1.00 e. The SMILES string of the molecule is CCc1ccncc1.COc1cc2c(cc1OC)C(=O)/C(=C/C1CC[N+](=Cc3[c-]cccc3)CC1)C2.COc1cc2c(cc1OC)C(=O)C(C)(Cc1ccncc1)C2.COc1cc2c(cc1OC)C(=O)C(C)C2.COc1cc2c(cc1OC)C(=O)C(Cc1cc[n+](Cc3ccccc3)cc1)C2.COc1cc2c(cc1OC)C(=O)C(Cc1ccncc1)C2.Cl.[Cl-]. The number of benzene rings is 7. The molecule has 4 atom stereocenters. The van der Waals surface area contributed by atoms with Crippen molar-refractivity contribution in [1.82, 2.24) is 15.0 Å². The normalized spacial score (nSPS) is 17.2. The summed E-state index contributed by atoms with van der Waals surface area (Å²) in [6.45, 7) is 8.94. The van der Waals surface area contributed by atoms with Gasteiger partial charge in [-0.1, -0.05) is 62.7 Å². The van der Waals surface area contributed by atoms with E-state index in [1.165, 1.54) is 16.7 Å².